The van der Waals surface area contributed by atoms with Crippen LogP contribution in [0.5, 0.6) is 0 Å². The third-order valence-electron chi connectivity index (χ3n) is 3.17. The van der Waals surface area contributed by atoms with Crippen molar-refractivity contribution in [2.45, 2.75) is 84.8 Å². The zero-order valence-electron chi connectivity index (χ0n) is 15.2. The van der Waals surface area contributed by atoms with Crippen molar-refractivity contribution >= 4 is 5.97 Å². The lowest BCUT2D eigenvalue weighted by Crippen LogP contribution is -2.46. The van der Waals surface area contributed by atoms with E-state index < -0.39 is 11.8 Å². The third-order valence-corrected chi connectivity index (χ3v) is 3.17. The number of ether oxygens (including phenoxy) is 1. The Morgan fingerprint density at radius 1 is 0.739 bits per heavy atom. The highest BCUT2D eigenvalue weighted by Crippen LogP contribution is 2.24. The molecule has 0 aliphatic heterocycles. The summed E-state index contributed by atoms with van der Waals surface area (Å²) in [5.74, 6) is -2.25. The van der Waals surface area contributed by atoms with Gasteiger partial charge in [0.15, 0.2) is 0 Å². The van der Waals surface area contributed by atoms with E-state index in [1.165, 1.54) is 0 Å². The number of carbonyl (C=O) groups excluding carboxylic acids is 1. The van der Waals surface area contributed by atoms with Crippen molar-refractivity contribution in [2.75, 3.05) is 19.8 Å². The lowest BCUT2D eigenvalue weighted by atomic mass is 10.1. The Labute approximate surface area is 140 Å². The molecule has 0 bridgehead atoms. The molecule has 0 aromatic carbocycles. The normalized spacial score (nSPS) is 11.7. The van der Waals surface area contributed by atoms with Crippen LogP contribution in [0.1, 0.15) is 79.1 Å². The lowest BCUT2D eigenvalue weighted by Gasteiger charge is -2.28. The van der Waals surface area contributed by atoms with Crippen molar-refractivity contribution in [1.82, 2.24) is 0 Å². The topological polar surface area (TPSA) is 63.2 Å². The molecular weight excluding hydrogens is 300 g/mol. The van der Waals surface area contributed by atoms with Crippen molar-refractivity contribution in [3.8, 4) is 0 Å². The first kappa shape index (κ1) is 22.3. The molecule has 0 spiro atoms. The van der Waals surface area contributed by atoms with Crippen LogP contribution in [0, 0.1) is 0 Å². The van der Waals surface area contributed by atoms with Crippen molar-refractivity contribution in [3.63, 3.8) is 0 Å². The molecule has 0 saturated heterocycles. The fourth-order valence-electron chi connectivity index (χ4n) is 1.70. The number of rotatable bonds is 16. The minimum absolute atomic E-state index is 0.302. The second-order valence-electron chi connectivity index (χ2n) is 5.51. The summed E-state index contributed by atoms with van der Waals surface area (Å²) in [6.07, 6.45) is 6.32. The summed E-state index contributed by atoms with van der Waals surface area (Å²) in [5.41, 5.74) is 0. The molecule has 0 rings (SSSR count). The van der Waals surface area contributed by atoms with E-state index in [-0.39, 0.29) is 0 Å². The van der Waals surface area contributed by atoms with Gasteiger partial charge in [-0.15, -0.1) is 0 Å². The van der Waals surface area contributed by atoms with E-state index in [0.29, 0.717) is 32.7 Å². The second kappa shape index (κ2) is 14.9. The van der Waals surface area contributed by atoms with Crippen molar-refractivity contribution < 1.29 is 29.1 Å². The predicted octanol–water partition coefficient (Wildman–Crippen LogP) is 4.32. The Bertz CT molecular complexity index is 270. The Kier molecular flexibility index (Phi) is 14.4. The number of unbranched alkanes of at least 4 members (excludes halogenated alkanes) is 3. The van der Waals surface area contributed by atoms with Crippen LogP contribution >= 0.6 is 0 Å². The van der Waals surface area contributed by atoms with E-state index >= 15 is 0 Å². The quantitative estimate of drug-likeness (QED) is 0.138. The average Bonchev–Trinajstić information content (AvgIpc) is 2.55. The molecule has 0 aromatic heterocycles. The molecule has 0 fully saturated rings. The van der Waals surface area contributed by atoms with E-state index in [1.807, 2.05) is 27.7 Å². The van der Waals surface area contributed by atoms with Gasteiger partial charge in [-0.05, 0) is 19.3 Å². The van der Waals surface area contributed by atoms with Gasteiger partial charge in [-0.3, -0.25) is 0 Å². The summed E-state index contributed by atoms with van der Waals surface area (Å²) in [6.45, 7) is 9.17. The highest BCUT2D eigenvalue weighted by molar-refractivity contribution is 5.77. The van der Waals surface area contributed by atoms with Gasteiger partial charge in [0.05, 0.1) is 19.8 Å². The van der Waals surface area contributed by atoms with Crippen LogP contribution in [0.2, 0.25) is 0 Å². The molecule has 0 heterocycles. The molecule has 23 heavy (non-hydrogen) atoms. The van der Waals surface area contributed by atoms with Gasteiger partial charge in [0.1, 0.15) is 0 Å². The van der Waals surface area contributed by atoms with E-state index in [4.69, 9.17) is 24.3 Å². The third kappa shape index (κ3) is 9.91. The molecule has 0 amide bonds. The molecule has 0 aromatic rings. The summed E-state index contributed by atoms with van der Waals surface area (Å²) in [6, 6.07) is 0. The highest BCUT2D eigenvalue weighted by atomic mass is 17.3. The molecule has 6 nitrogen and oxygen atoms in total. The summed E-state index contributed by atoms with van der Waals surface area (Å²) in [4.78, 5) is 33.4. The lowest BCUT2D eigenvalue weighted by molar-refractivity contribution is -0.498. The van der Waals surface area contributed by atoms with Gasteiger partial charge in [0, 0.05) is 6.42 Å². The SMILES string of the molecule is CCCCOOC(CCC)(OOCCCC)C(=O)OCCCC. The van der Waals surface area contributed by atoms with Gasteiger partial charge >= 0.3 is 11.8 Å². The first-order chi connectivity index (χ1) is 11.2. The van der Waals surface area contributed by atoms with E-state index in [2.05, 4.69) is 0 Å². The zero-order chi connectivity index (χ0) is 17.4. The molecule has 0 aliphatic rings. The largest absolute Gasteiger partial charge is 0.462 e. The fourth-order valence-corrected chi connectivity index (χ4v) is 1.70. The Morgan fingerprint density at radius 2 is 1.22 bits per heavy atom. The standard InChI is InChI=1S/C17H34O6/c1-5-9-13-19-16(18)17(12-8-4,22-20-14-10-6-2)23-21-15-11-7-3/h5-15H2,1-4H3. The maximum atomic E-state index is 12.4. The van der Waals surface area contributed by atoms with Crippen LogP contribution in [0.15, 0.2) is 0 Å². The van der Waals surface area contributed by atoms with Crippen LogP contribution in [0.25, 0.3) is 0 Å². The summed E-state index contributed by atoms with van der Waals surface area (Å²) < 4.78 is 5.27. The van der Waals surface area contributed by atoms with Gasteiger partial charge in [0.2, 0.25) is 0 Å². The van der Waals surface area contributed by atoms with Gasteiger partial charge in [-0.25, -0.2) is 14.6 Å². The van der Waals surface area contributed by atoms with Gasteiger partial charge in [0.25, 0.3) is 0 Å². The Morgan fingerprint density at radius 3 is 1.65 bits per heavy atom. The molecule has 138 valence electrons. The zero-order valence-corrected chi connectivity index (χ0v) is 15.2. The monoisotopic (exact) mass is 334 g/mol. The maximum absolute atomic E-state index is 12.4. The molecule has 0 atom stereocenters. The summed E-state index contributed by atoms with van der Waals surface area (Å²) in [5, 5.41) is 0. The van der Waals surface area contributed by atoms with Crippen LogP contribution in [0.4, 0.5) is 0 Å². The van der Waals surface area contributed by atoms with Crippen molar-refractivity contribution in [3.05, 3.63) is 0 Å². The molecular formula is C17H34O6. The van der Waals surface area contributed by atoms with Gasteiger partial charge < -0.3 is 4.74 Å². The summed E-state index contributed by atoms with van der Waals surface area (Å²) >= 11 is 0. The maximum Gasteiger partial charge on any atom is 0.372 e. The molecule has 0 N–H and O–H groups in total. The van der Waals surface area contributed by atoms with Crippen LogP contribution in [-0.2, 0) is 29.1 Å². The minimum atomic E-state index is -1.65. The number of hydrogen-bond acceptors (Lipinski definition) is 6. The van der Waals surface area contributed by atoms with Gasteiger partial charge in [-0.2, -0.15) is 9.78 Å². The fraction of sp³-hybridized carbons (Fsp3) is 0.941. The van der Waals surface area contributed by atoms with Gasteiger partial charge in [-0.1, -0.05) is 53.4 Å². The van der Waals surface area contributed by atoms with Crippen molar-refractivity contribution in [1.29, 1.82) is 0 Å². The first-order valence-electron chi connectivity index (χ1n) is 8.95. The summed E-state index contributed by atoms with van der Waals surface area (Å²) in [7, 11) is 0. The molecule has 0 radical (unpaired) electrons. The Balaban J connectivity index is 4.72. The van der Waals surface area contributed by atoms with E-state index in [1.54, 1.807) is 0 Å². The number of hydrogen-bond donors (Lipinski definition) is 0. The average molecular weight is 334 g/mol. The van der Waals surface area contributed by atoms with E-state index in [9.17, 15) is 4.79 Å². The van der Waals surface area contributed by atoms with E-state index in [0.717, 1.165) is 38.5 Å². The van der Waals surface area contributed by atoms with Crippen LogP contribution < -0.4 is 0 Å². The highest BCUT2D eigenvalue weighted by Gasteiger charge is 2.45. The second-order valence-corrected chi connectivity index (χ2v) is 5.51. The molecule has 0 unspecified atom stereocenters. The number of esters is 1. The smallest absolute Gasteiger partial charge is 0.372 e. The first-order valence-corrected chi connectivity index (χ1v) is 8.95. The molecule has 6 heteroatoms. The predicted molar refractivity (Wildman–Crippen MR) is 87.4 cm³/mol. The van der Waals surface area contributed by atoms with Crippen molar-refractivity contribution in [2.24, 2.45) is 0 Å². The number of carbonyl (C=O) groups is 1. The molecule has 0 aliphatic carbocycles. The van der Waals surface area contributed by atoms with Crippen LogP contribution in [-0.4, -0.2) is 31.6 Å². The Hall–Kier alpha value is -0.690. The minimum Gasteiger partial charge on any atom is -0.462 e. The molecule has 0 saturated carbocycles. The van der Waals surface area contributed by atoms with Crippen LogP contribution in [0.3, 0.4) is 0 Å².